The Bertz CT molecular complexity index is 358. The number of hydrogen-bond acceptors (Lipinski definition) is 4. The topological polar surface area (TPSA) is 47.0 Å². The Kier molecular flexibility index (Phi) is 6.72. The van der Waals surface area contributed by atoms with E-state index in [4.69, 9.17) is 4.74 Å². The Labute approximate surface area is 117 Å². The minimum Gasteiger partial charge on any atom is -0.378 e. The van der Waals surface area contributed by atoms with Crippen molar-refractivity contribution in [2.24, 2.45) is 0 Å². The molecule has 0 atom stereocenters. The highest BCUT2D eigenvalue weighted by atomic mass is 127. The highest BCUT2D eigenvalue weighted by Gasteiger charge is 2.11. The Morgan fingerprint density at radius 2 is 2.00 bits per heavy atom. The van der Waals surface area contributed by atoms with Crippen molar-refractivity contribution in [3.63, 3.8) is 0 Å². The van der Waals surface area contributed by atoms with E-state index in [1.165, 1.54) is 0 Å². The molecule has 0 saturated carbocycles. The van der Waals surface area contributed by atoms with E-state index < -0.39 is 0 Å². The number of halogens is 1. The summed E-state index contributed by atoms with van der Waals surface area (Å²) in [5.74, 6) is 1.84. The van der Waals surface area contributed by atoms with Crippen LogP contribution in [-0.2, 0) is 17.8 Å². The molecule has 0 fully saturated rings. The van der Waals surface area contributed by atoms with Crippen molar-refractivity contribution in [3.05, 3.63) is 15.1 Å². The smallest absolute Gasteiger partial charge is 0.143 e. The second-order valence-electron chi connectivity index (χ2n) is 3.86. The molecule has 0 radical (unpaired) electrons. The molecule has 4 nitrogen and oxygen atoms in total. The van der Waals surface area contributed by atoms with Crippen LogP contribution in [0.3, 0.4) is 0 Å². The van der Waals surface area contributed by atoms with Crippen LogP contribution >= 0.6 is 22.6 Å². The van der Waals surface area contributed by atoms with E-state index in [0.717, 1.165) is 46.7 Å². The summed E-state index contributed by atoms with van der Waals surface area (Å²) in [4.78, 5) is 9.09. The van der Waals surface area contributed by atoms with E-state index in [9.17, 15) is 0 Å². The van der Waals surface area contributed by atoms with Crippen LogP contribution in [0.25, 0.3) is 0 Å². The van der Waals surface area contributed by atoms with Crippen molar-refractivity contribution in [1.29, 1.82) is 0 Å². The molecule has 96 valence electrons. The summed E-state index contributed by atoms with van der Waals surface area (Å²) >= 11 is 2.28. The average Bonchev–Trinajstić information content (AvgIpc) is 2.32. The third-order valence-corrected chi connectivity index (χ3v) is 3.40. The van der Waals surface area contributed by atoms with Crippen LogP contribution in [0.1, 0.15) is 38.2 Å². The molecule has 0 aliphatic rings. The predicted octanol–water partition coefficient (Wildman–Crippen LogP) is 3.00. The van der Waals surface area contributed by atoms with Gasteiger partial charge >= 0.3 is 0 Å². The van der Waals surface area contributed by atoms with E-state index in [-0.39, 0.29) is 0 Å². The lowest BCUT2D eigenvalue weighted by Gasteiger charge is -2.12. The summed E-state index contributed by atoms with van der Waals surface area (Å²) in [5.41, 5.74) is 0.977. The molecule has 0 saturated heterocycles. The van der Waals surface area contributed by atoms with Crippen molar-refractivity contribution in [1.82, 2.24) is 9.97 Å². The number of nitrogens with one attached hydrogen (secondary N) is 1. The van der Waals surface area contributed by atoms with Gasteiger partial charge in [0.2, 0.25) is 0 Å². The second-order valence-corrected chi connectivity index (χ2v) is 4.94. The number of rotatable bonds is 7. The Balaban J connectivity index is 2.99. The average molecular weight is 349 g/mol. The van der Waals surface area contributed by atoms with Gasteiger partial charge in [0.05, 0.1) is 15.9 Å². The Morgan fingerprint density at radius 1 is 1.24 bits per heavy atom. The first-order valence-corrected chi connectivity index (χ1v) is 7.08. The lowest BCUT2D eigenvalue weighted by Crippen LogP contribution is -2.11. The lowest BCUT2D eigenvalue weighted by molar-refractivity contribution is 0.180. The zero-order valence-corrected chi connectivity index (χ0v) is 12.9. The molecule has 0 aliphatic heterocycles. The molecular weight excluding hydrogens is 329 g/mol. The summed E-state index contributed by atoms with van der Waals surface area (Å²) in [5, 5.41) is 3.35. The van der Waals surface area contributed by atoms with E-state index in [1.54, 1.807) is 7.11 Å². The van der Waals surface area contributed by atoms with Crippen molar-refractivity contribution in [3.8, 4) is 0 Å². The maximum absolute atomic E-state index is 5.18. The number of anilines is 1. The molecule has 0 aliphatic carbocycles. The van der Waals surface area contributed by atoms with Crippen LogP contribution in [-0.4, -0.2) is 23.6 Å². The first-order valence-electron chi connectivity index (χ1n) is 6.01. The summed E-state index contributed by atoms with van der Waals surface area (Å²) in [6, 6.07) is 0. The van der Waals surface area contributed by atoms with Crippen LogP contribution in [0.5, 0.6) is 0 Å². The molecule has 0 amide bonds. The number of ether oxygens (including phenoxy) is 1. The number of aromatic nitrogens is 2. The number of methoxy groups -OCH3 is 1. The van der Waals surface area contributed by atoms with Crippen LogP contribution in [0.4, 0.5) is 5.82 Å². The van der Waals surface area contributed by atoms with Gasteiger partial charge in [-0.15, -0.1) is 0 Å². The third kappa shape index (κ3) is 4.39. The van der Waals surface area contributed by atoms with Crippen molar-refractivity contribution in [2.75, 3.05) is 19.0 Å². The highest BCUT2D eigenvalue weighted by Crippen LogP contribution is 2.20. The van der Waals surface area contributed by atoms with Gasteiger partial charge in [0.15, 0.2) is 0 Å². The van der Waals surface area contributed by atoms with Crippen LogP contribution in [0, 0.1) is 3.57 Å². The molecule has 0 bridgehead atoms. The SMILES string of the molecule is CCCNc1nc(CCC)nc(COC)c1I. The highest BCUT2D eigenvalue weighted by molar-refractivity contribution is 14.1. The Morgan fingerprint density at radius 3 is 2.59 bits per heavy atom. The summed E-state index contributed by atoms with van der Waals surface area (Å²) < 4.78 is 6.25. The summed E-state index contributed by atoms with van der Waals surface area (Å²) in [6.45, 7) is 5.75. The number of aryl methyl sites for hydroxylation is 1. The lowest BCUT2D eigenvalue weighted by atomic mass is 10.3. The summed E-state index contributed by atoms with van der Waals surface area (Å²) in [7, 11) is 1.69. The maximum atomic E-state index is 5.18. The molecule has 0 aromatic carbocycles. The van der Waals surface area contributed by atoms with Gasteiger partial charge < -0.3 is 10.1 Å². The Hall–Kier alpha value is -0.430. The van der Waals surface area contributed by atoms with E-state index in [0.29, 0.717) is 6.61 Å². The molecule has 1 heterocycles. The van der Waals surface area contributed by atoms with Gasteiger partial charge in [-0.3, -0.25) is 0 Å². The molecule has 1 aromatic heterocycles. The maximum Gasteiger partial charge on any atom is 0.143 e. The minimum atomic E-state index is 0.540. The van der Waals surface area contributed by atoms with Gasteiger partial charge in [0.25, 0.3) is 0 Å². The number of nitrogens with zero attached hydrogens (tertiary/aromatic N) is 2. The quantitative estimate of drug-likeness (QED) is 0.769. The van der Waals surface area contributed by atoms with Gasteiger partial charge in [-0.2, -0.15) is 0 Å². The van der Waals surface area contributed by atoms with Gasteiger partial charge in [0.1, 0.15) is 11.6 Å². The fourth-order valence-electron chi connectivity index (χ4n) is 1.47. The zero-order chi connectivity index (χ0) is 12.7. The molecule has 1 N–H and O–H groups in total. The first-order chi connectivity index (χ1) is 8.22. The molecule has 5 heteroatoms. The molecule has 0 spiro atoms. The predicted molar refractivity (Wildman–Crippen MR) is 78.2 cm³/mol. The molecule has 1 aromatic rings. The van der Waals surface area contributed by atoms with E-state index in [2.05, 4.69) is 51.7 Å². The second kappa shape index (κ2) is 7.81. The van der Waals surface area contributed by atoms with Crippen molar-refractivity contribution in [2.45, 2.75) is 39.7 Å². The summed E-state index contributed by atoms with van der Waals surface area (Å²) in [6.07, 6.45) is 3.05. The fourth-order valence-corrected chi connectivity index (χ4v) is 2.06. The van der Waals surface area contributed by atoms with Gasteiger partial charge in [-0.25, -0.2) is 9.97 Å². The molecular formula is C12H20IN3O. The number of hydrogen-bond donors (Lipinski definition) is 1. The molecule has 1 rings (SSSR count). The molecule has 17 heavy (non-hydrogen) atoms. The fraction of sp³-hybridized carbons (Fsp3) is 0.667. The first kappa shape index (κ1) is 14.6. The van der Waals surface area contributed by atoms with E-state index >= 15 is 0 Å². The van der Waals surface area contributed by atoms with Crippen LogP contribution in [0.2, 0.25) is 0 Å². The zero-order valence-electron chi connectivity index (χ0n) is 10.7. The van der Waals surface area contributed by atoms with Gasteiger partial charge in [-0.05, 0) is 35.4 Å². The van der Waals surface area contributed by atoms with Gasteiger partial charge in [0, 0.05) is 20.1 Å². The normalized spacial score (nSPS) is 10.6. The van der Waals surface area contributed by atoms with Crippen LogP contribution < -0.4 is 5.32 Å². The van der Waals surface area contributed by atoms with E-state index in [1.807, 2.05) is 0 Å². The third-order valence-electron chi connectivity index (χ3n) is 2.26. The largest absolute Gasteiger partial charge is 0.378 e. The standard InChI is InChI=1S/C12H20IN3O/c1-4-6-10-15-9(8-17-3)11(13)12(16-10)14-7-5-2/h4-8H2,1-3H3,(H,14,15,16). The monoisotopic (exact) mass is 349 g/mol. The van der Waals surface area contributed by atoms with Gasteiger partial charge in [-0.1, -0.05) is 13.8 Å². The van der Waals surface area contributed by atoms with Crippen molar-refractivity contribution < 1.29 is 4.74 Å². The molecule has 0 unspecified atom stereocenters. The minimum absolute atomic E-state index is 0.540. The van der Waals surface area contributed by atoms with Crippen LogP contribution in [0.15, 0.2) is 0 Å². The van der Waals surface area contributed by atoms with Crippen molar-refractivity contribution >= 4 is 28.4 Å².